The molecule has 0 saturated carbocycles. The van der Waals surface area contributed by atoms with Gasteiger partial charge in [-0.15, -0.1) is 11.3 Å². The molecule has 1 aliphatic rings. The molecule has 170 valence electrons. The number of carbonyl (C=O) groups excluding carboxylic acids is 2. The number of ether oxygens (including phenoxy) is 1. The fraction of sp³-hybridized carbons (Fsp3) is 0.240. The molecule has 2 N–H and O–H groups in total. The second kappa shape index (κ2) is 10.7. The Morgan fingerprint density at radius 3 is 2.48 bits per heavy atom. The molecule has 8 heteroatoms. The van der Waals surface area contributed by atoms with E-state index in [0.717, 1.165) is 35.5 Å². The number of benzene rings is 2. The molecule has 0 aliphatic carbocycles. The van der Waals surface area contributed by atoms with Crippen LogP contribution in [0.3, 0.4) is 0 Å². The number of anilines is 1. The van der Waals surface area contributed by atoms with Gasteiger partial charge in [-0.25, -0.2) is 9.59 Å². The van der Waals surface area contributed by atoms with Gasteiger partial charge >= 0.3 is 12.0 Å². The Morgan fingerprint density at radius 2 is 1.79 bits per heavy atom. The summed E-state index contributed by atoms with van der Waals surface area (Å²) in [7, 11) is 0. The Morgan fingerprint density at radius 1 is 1.09 bits per heavy atom. The molecule has 0 spiro atoms. The summed E-state index contributed by atoms with van der Waals surface area (Å²) in [6.45, 7) is 4.42. The molecular weight excluding hydrogens is 454 g/mol. The zero-order valence-corrected chi connectivity index (χ0v) is 19.9. The van der Waals surface area contributed by atoms with Crippen molar-refractivity contribution in [1.82, 2.24) is 10.2 Å². The quantitative estimate of drug-likeness (QED) is 0.385. The third-order valence-electron chi connectivity index (χ3n) is 5.35. The maximum Gasteiger partial charge on any atom is 0.341 e. The molecule has 0 bridgehead atoms. The van der Waals surface area contributed by atoms with Gasteiger partial charge in [0.25, 0.3) is 0 Å². The first-order valence-electron chi connectivity index (χ1n) is 10.8. The van der Waals surface area contributed by atoms with Crippen molar-refractivity contribution in [3.63, 3.8) is 0 Å². The van der Waals surface area contributed by atoms with E-state index in [1.807, 2.05) is 48.5 Å². The van der Waals surface area contributed by atoms with Gasteiger partial charge in [0, 0.05) is 30.1 Å². The number of amides is 2. The largest absolute Gasteiger partial charge is 0.462 e. The topological polar surface area (TPSA) is 70.7 Å². The zero-order chi connectivity index (χ0) is 23.2. The van der Waals surface area contributed by atoms with Crippen LogP contribution in [0.15, 0.2) is 60.7 Å². The van der Waals surface area contributed by atoms with E-state index in [-0.39, 0.29) is 6.61 Å². The summed E-state index contributed by atoms with van der Waals surface area (Å²) in [5, 5.41) is 6.02. The van der Waals surface area contributed by atoms with Crippen molar-refractivity contribution in [2.45, 2.75) is 26.4 Å². The van der Waals surface area contributed by atoms with E-state index in [9.17, 15) is 9.59 Å². The Kier molecular flexibility index (Phi) is 7.49. The summed E-state index contributed by atoms with van der Waals surface area (Å²) in [6, 6.07) is 19.1. The fourth-order valence-corrected chi connectivity index (χ4v) is 5.34. The molecule has 0 atom stereocenters. The molecular formula is C25H25N3O3S2. The molecule has 1 aliphatic heterocycles. The Hall–Kier alpha value is -3.07. The highest BCUT2D eigenvalue weighted by atomic mass is 32.1. The van der Waals surface area contributed by atoms with E-state index >= 15 is 0 Å². The molecule has 2 amide bonds. The first kappa shape index (κ1) is 23.1. The molecule has 33 heavy (non-hydrogen) atoms. The highest BCUT2D eigenvalue weighted by Crippen LogP contribution is 2.38. The van der Waals surface area contributed by atoms with Crippen LogP contribution in [-0.4, -0.2) is 35.0 Å². The summed E-state index contributed by atoms with van der Waals surface area (Å²) in [4.78, 5) is 29.2. The van der Waals surface area contributed by atoms with Crippen molar-refractivity contribution in [2.75, 3.05) is 18.5 Å². The summed E-state index contributed by atoms with van der Waals surface area (Å²) in [5.74, 6) is -0.410. The Labute approximate surface area is 202 Å². The standard InChI is InChI=1S/C25H25N3O3S2/c1-2-31-24(29)21-19-13-14-28(15-17-9-5-3-6-10-17)16-20(19)33-23(21)27-25(30)26-22(32)18-11-7-4-8-12-18/h3-12H,2,13-16H2,1H3,(H2,26,27,30,32). The minimum absolute atomic E-state index is 0.271. The van der Waals surface area contributed by atoms with Crippen LogP contribution >= 0.6 is 23.6 Å². The average Bonchev–Trinajstić information content (AvgIpc) is 3.17. The van der Waals surface area contributed by atoms with Crippen LogP contribution in [0.4, 0.5) is 9.80 Å². The average molecular weight is 480 g/mol. The number of fused-ring (bicyclic) bond motifs is 1. The van der Waals surface area contributed by atoms with E-state index < -0.39 is 12.0 Å². The van der Waals surface area contributed by atoms with Gasteiger partial charge in [-0.2, -0.15) is 0 Å². The number of urea groups is 1. The molecule has 1 aromatic heterocycles. The lowest BCUT2D eigenvalue weighted by Crippen LogP contribution is -2.34. The van der Waals surface area contributed by atoms with Gasteiger partial charge in [0.05, 0.1) is 12.2 Å². The molecule has 4 rings (SSSR count). The number of thiophene rings is 1. The van der Waals surface area contributed by atoms with E-state index in [0.29, 0.717) is 22.1 Å². The number of rotatable bonds is 6. The molecule has 0 unspecified atom stereocenters. The van der Waals surface area contributed by atoms with Crippen LogP contribution in [0.5, 0.6) is 0 Å². The minimum Gasteiger partial charge on any atom is -0.462 e. The van der Waals surface area contributed by atoms with Crippen molar-refractivity contribution in [2.24, 2.45) is 0 Å². The van der Waals surface area contributed by atoms with Crippen LogP contribution in [0.1, 0.15) is 38.8 Å². The number of thiocarbonyl (C=S) groups is 1. The molecule has 2 aromatic carbocycles. The predicted octanol–water partition coefficient (Wildman–Crippen LogP) is 4.98. The van der Waals surface area contributed by atoms with E-state index in [2.05, 4.69) is 27.7 Å². The lowest BCUT2D eigenvalue weighted by molar-refractivity contribution is 0.0526. The number of esters is 1. The summed E-state index contributed by atoms with van der Waals surface area (Å²) < 4.78 is 5.30. The van der Waals surface area contributed by atoms with Gasteiger partial charge < -0.3 is 4.74 Å². The monoisotopic (exact) mass is 479 g/mol. The number of hydrogen-bond donors (Lipinski definition) is 2. The number of hydrogen-bond acceptors (Lipinski definition) is 6. The Balaban J connectivity index is 1.52. The molecule has 0 fully saturated rings. The van der Waals surface area contributed by atoms with Crippen LogP contribution < -0.4 is 10.6 Å². The fourth-order valence-electron chi connectivity index (χ4n) is 3.84. The maximum absolute atomic E-state index is 12.8. The van der Waals surface area contributed by atoms with Gasteiger partial charge in [-0.1, -0.05) is 72.9 Å². The lowest BCUT2D eigenvalue weighted by atomic mass is 10.0. The first-order chi connectivity index (χ1) is 16.0. The van der Waals surface area contributed by atoms with Crippen LogP contribution in [0.25, 0.3) is 0 Å². The summed E-state index contributed by atoms with van der Waals surface area (Å²) in [6.07, 6.45) is 0.721. The summed E-state index contributed by atoms with van der Waals surface area (Å²) >= 11 is 6.76. The Bertz CT molecular complexity index is 1150. The smallest absolute Gasteiger partial charge is 0.341 e. The molecule has 0 radical (unpaired) electrons. The normalized spacial score (nSPS) is 13.1. The second-order valence-corrected chi connectivity index (χ2v) is 9.16. The number of nitrogens with one attached hydrogen (secondary N) is 2. The van der Waals surface area contributed by atoms with Gasteiger partial charge in [0.1, 0.15) is 9.99 Å². The zero-order valence-electron chi connectivity index (χ0n) is 18.3. The van der Waals surface area contributed by atoms with Gasteiger partial charge in [0.2, 0.25) is 0 Å². The van der Waals surface area contributed by atoms with Gasteiger partial charge in [-0.05, 0) is 24.5 Å². The summed E-state index contributed by atoms with van der Waals surface area (Å²) in [5.41, 5.74) is 3.41. The van der Waals surface area contributed by atoms with Crippen LogP contribution in [-0.2, 0) is 24.2 Å². The van der Waals surface area contributed by atoms with Crippen LogP contribution in [0, 0.1) is 0 Å². The highest BCUT2D eigenvalue weighted by molar-refractivity contribution is 7.80. The first-order valence-corrected chi connectivity index (χ1v) is 12.0. The highest BCUT2D eigenvalue weighted by Gasteiger charge is 2.29. The van der Waals surface area contributed by atoms with Gasteiger partial charge in [0.15, 0.2) is 0 Å². The minimum atomic E-state index is -0.478. The molecule has 2 heterocycles. The van der Waals surface area contributed by atoms with Gasteiger partial charge in [-0.3, -0.25) is 15.5 Å². The number of nitrogens with zero attached hydrogens (tertiary/aromatic N) is 1. The van der Waals surface area contributed by atoms with Crippen molar-refractivity contribution in [3.8, 4) is 0 Å². The molecule has 3 aromatic rings. The van der Waals surface area contributed by atoms with Crippen molar-refractivity contribution in [1.29, 1.82) is 0 Å². The van der Waals surface area contributed by atoms with E-state index in [1.54, 1.807) is 6.92 Å². The molecule has 6 nitrogen and oxygen atoms in total. The maximum atomic E-state index is 12.8. The predicted molar refractivity (Wildman–Crippen MR) is 135 cm³/mol. The van der Waals surface area contributed by atoms with Crippen molar-refractivity contribution < 1.29 is 14.3 Å². The lowest BCUT2D eigenvalue weighted by Gasteiger charge is -2.27. The SMILES string of the molecule is CCOC(=O)c1c(NC(=O)NC(=S)c2ccccc2)sc2c1CCN(Cc1ccccc1)C2. The second-order valence-electron chi connectivity index (χ2n) is 7.65. The van der Waals surface area contributed by atoms with Crippen LogP contribution in [0.2, 0.25) is 0 Å². The van der Waals surface area contributed by atoms with E-state index in [1.165, 1.54) is 16.9 Å². The van der Waals surface area contributed by atoms with E-state index in [4.69, 9.17) is 17.0 Å². The van der Waals surface area contributed by atoms with Crippen molar-refractivity contribution in [3.05, 3.63) is 87.8 Å². The molecule has 0 saturated heterocycles. The van der Waals surface area contributed by atoms with Crippen molar-refractivity contribution >= 4 is 45.5 Å². The number of carbonyl (C=O) groups is 2. The third-order valence-corrected chi connectivity index (χ3v) is 6.82. The third kappa shape index (κ3) is 5.65.